The number of benzene rings is 2. The van der Waals surface area contributed by atoms with Crippen molar-refractivity contribution >= 4 is 22.5 Å². The van der Waals surface area contributed by atoms with Crippen molar-refractivity contribution in [3.05, 3.63) is 59.9 Å². The molecular formula is C19H16F3N5O. The average Bonchev–Trinajstić information content (AvgIpc) is 3.03. The van der Waals surface area contributed by atoms with Gasteiger partial charge in [0.05, 0.1) is 5.52 Å². The Bertz CT molecular complexity index is 1160. The number of halogens is 3. The molecule has 144 valence electrons. The molecule has 0 aliphatic rings. The van der Waals surface area contributed by atoms with E-state index in [0.717, 1.165) is 10.9 Å². The largest absolute Gasteiger partial charge is 0.573 e. The molecule has 0 saturated carbocycles. The van der Waals surface area contributed by atoms with E-state index in [0.29, 0.717) is 23.0 Å². The molecule has 0 saturated heterocycles. The summed E-state index contributed by atoms with van der Waals surface area (Å²) in [6.07, 6.45) is -4.76. The van der Waals surface area contributed by atoms with Crippen LogP contribution in [0.5, 0.6) is 5.75 Å². The lowest BCUT2D eigenvalue weighted by Crippen LogP contribution is -2.23. The lowest BCUT2D eigenvalue weighted by atomic mass is 10.2. The molecule has 2 aromatic carbocycles. The van der Waals surface area contributed by atoms with Crippen LogP contribution in [0.3, 0.4) is 0 Å². The SMILES string of the molecule is Cc1nc2c3ccccc3nc(N(C)Cc3ccccc3OC(F)(F)F)n2n1. The van der Waals surface area contributed by atoms with Gasteiger partial charge in [0.2, 0.25) is 5.95 Å². The lowest BCUT2D eigenvalue weighted by Gasteiger charge is -2.21. The molecule has 2 heterocycles. The van der Waals surface area contributed by atoms with E-state index in [1.165, 1.54) is 12.1 Å². The fourth-order valence-electron chi connectivity index (χ4n) is 3.08. The fourth-order valence-corrected chi connectivity index (χ4v) is 3.08. The molecule has 0 fully saturated rings. The molecule has 6 nitrogen and oxygen atoms in total. The van der Waals surface area contributed by atoms with Crippen LogP contribution >= 0.6 is 0 Å². The maximum atomic E-state index is 12.7. The molecule has 0 spiro atoms. The number of aromatic nitrogens is 4. The number of para-hydroxylation sites is 2. The van der Waals surface area contributed by atoms with Crippen LogP contribution in [0.15, 0.2) is 48.5 Å². The van der Waals surface area contributed by atoms with E-state index in [4.69, 9.17) is 0 Å². The molecule has 0 atom stereocenters. The van der Waals surface area contributed by atoms with Crippen LogP contribution in [0.25, 0.3) is 16.6 Å². The predicted octanol–water partition coefficient (Wildman–Crippen LogP) is 4.12. The van der Waals surface area contributed by atoms with E-state index < -0.39 is 6.36 Å². The topological polar surface area (TPSA) is 55.5 Å². The maximum Gasteiger partial charge on any atom is 0.573 e. The number of nitrogens with zero attached hydrogens (tertiary/aromatic N) is 5. The quantitative estimate of drug-likeness (QED) is 0.527. The van der Waals surface area contributed by atoms with Gasteiger partial charge >= 0.3 is 6.36 Å². The van der Waals surface area contributed by atoms with Crippen molar-refractivity contribution in [2.75, 3.05) is 11.9 Å². The molecule has 0 N–H and O–H groups in total. The highest BCUT2D eigenvalue weighted by Crippen LogP contribution is 2.28. The van der Waals surface area contributed by atoms with Crippen molar-refractivity contribution in [2.45, 2.75) is 19.8 Å². The molecular weight excluding hydrogens is 371 g/mol. The van der Waals surface area contributed by atoms with Gasteiger partial charge in [-0.2, -0.15) is 4.52 Å². The summed E-state index contributed by atoms with van der Waals surface area (Å²) < 4.78 is 43.8. The fraction of sp³-hybridized carbons (Fsp3) is 0.211. The van der Waals surface area contributed by atoms with Crippen molar-refractivity contribution in [3.63, 3.8) is 0 Å². The second-order valence-corrected chi connectivity index (χ2v) is 6.33. The molecule has 0 unspecified atom stereocenters. The zero-order valence-electron chi connectivity index (χ0n) is 15.1. The van der Waals surface area contributed by atoms with Gasteiger partial charge in [-0.3, -0.25) is 0 Å². The Kier molecular flexibility index (Phi) is 4.29. The molecule has 4 rings (SSSR count). The first-order valence-electron chi connectivity index (χ1n) is 8.49. The monoisotopic (exact) mass is 387 g/mol. The van der Waals surface area contributed by atoms with Gasteiger partial charge in [-0.1, -0.05) is 30.3 Å². The first-order valence-corrected chi connectivity index (χ1v) is 8.49. The molecule has 0 bridgehead atoms. The third kappa shape index (κ3) is 3.42. The summed E-state index contributed by atoms with van der Waals surface area (Å²) in [7, 11) is 1.73. The smallest absolute Gasteiger partial charge is 0.405 e. The van der Waals surface area contributed by atoms with Gasteiger partial charge in [0, 0.05) is 24.5 Å². The van der Waals surface area contributed by atoms with Gasteiger partial charge in [0.1, 0.15) is 11.6 Å². The molecule has 0 aliphatic heterocycles. The van der Waals surface area contributed by atoms with Crippen LogP contribution in [0.4, 0.5) is 19.1 Å². The summed E-state index contributed by atoms with van der Waals surface area (Å²) in [6, 6.07) is 13.6. The number of anilines is 1. The van der Waals surface area contributed by atoms with Crippen LogP contribution in [-0.2, 0) is 6.54 Å². The Morgan fingerprint density at radius 1 is 1.04 bits per heavy atom. The second kappa shape index (κ2) is 6.66. The summed E-state index contributed by atoms with van der Waals surface area (Å²) in [5, 5.41) is 5.25. The number of alkyl halides is 3. The zero-order chi connectivity index (χ0) is 19.9. The first kappa shape index (κ1) is 18.0. The van der Waals surface area contributed by atoms with Crippen LogP contribution in [-0.4, -0.2) is 33.0 Å². The Morgan fingerprint density at radius 2 is 1.75 bits per heavy atom. The standard InChI is InChI=1S/C19H16F3N5O/c1-12-23-17-14-8-4-5-9-15(14)24-18(27(17)25-12)26(2)11-13-7-3-6-10-16(13)28-19(20,21)22/h3-10H,11H2,1-2H3. The minimum atomic E-state index is -4.76. The van der Waals surface area contributed by atoms with Crippen molar-refractivity contribution in [2.24, 2.45) is 0 Å². The van der Waals surface area contributed by atoms with Crippen molar-refractivity contribution in [1.82, 2.24) is 19.6 Å². The van der Waals surface area contributed by atoms with Crippen LogP contribution < -0.4 is 9.64 Å². The van der Waals surface area contributed by atoms with Crippen molar-refractivity contribution in [3.8, 4) is 5.75 Å². The Morgan fingerprint density at radius 3 is 2.54 bits per heavy atom. The van der Waals surface area contributed by atoms with Gasteiger partial charge < -0.3 is 9.64 Å². The normalized spacial score (nSPS) is 11.9. The highest BCUT2D eigenvalue weighted by atomic mass is 19.4. The van der Waals surface area contributed by atoms with Gasteiger partial charge in [0.15, 0.2) is 5.65 Å². The summed E-state index contributed by atoms with van der Waals surface area (Å²) in [5.41, 5.74) is 1.75. The molecule has 2 aromatic heterocycles. The molecule has 0 amide bonds. The van der Waals surface area contributed by atoms with Crippen LogP contribution in [0, 0.1) is 6.92 Å². The van der Waals surface area contributed by atoms with Crippen molar-refractivity contribution < 1.29 is 17.9 Å². The zero-order valence-corrected chi connectivity index (χ0v) is 15.1. The van der Waals surface area contributed by atoms with Crippen molar-refractivity contribution in [1.29, 1.82) is 0 Å². The van der Waals surface area contributed by atoms with Gasteiger partial charge in [-0.25, -0.2) is 9.97 Å². The highest BCUT2D eigenvalue weighted by Gasteiger charge is 2.32. The van der Waals surface area contributed by atoms with E-state index in [1.54, 1.807) is 35.5 Å². The third-order valence-corrected chi connectivity index (χ3v) is 4.22. The lowest BCUT2D eigenvalue weighted by molar-refractivity contribution is -0.274. The van der Waals surface area contributed by atoms with E-state index in [1.807, 2.05) is 24.3 Å². The van der Waals surface area contributed by atoms with Gasteiger partial charge in [-0.15, -0.1) is 18.3 Å². The van der Waals surface area contributed by atoms with E-state index in [2.05, 4.69) is 19.8 Å². The Balaban J connectivity index is 1.77. The maximum absolute atomic E-state index is 12.7. The minimum absolute atomic E-state index is 0.144. The van der Waals surface area contributed by atoms with E-state index >= 15 is 0 Å². The number of hydrogen-bond acceptors (Lipinski definition) is 5. The summed E-state index contributed by atoms with van der Waals surface area (Å²) >= 11 is 0. The predicted molar refractivity (Wildman–Crippen MR) is 98.3 cm³/mol. The molecule has 4 aromatic rings. The summed E-state index contributed by atoms with van der Waals surface area (Å²) in [4.78, 5) is 10.8. The van der Waals surface area contributed by atoms with Crippen LogP contribution in [0.1, 0.15) is 11.4 Å². The van der Waals surface area contributed by atoms with E-state index in [-0.39, 0.29) is 12.3 Å². The second-order valence-electron chi connectivity index (χ2n) is 6.33. The Labute approximate surface area is 158 Å². The molecule has 0 aliphatic carbocycles. The van der Waals surface area contributed by atoms with Crippen LogP contribution in [0.2, 0.25) is 0 Å². The number of aryl methyl sites for hydroxylation is 1. The minimum Gasteiger partial charge on any atom is -0.405 e. The molecule has 0 radical (unpaired) electrons. The molecule has 28 heavy (non-hydrogen) atoms. The third-order valence-electron chi connectivity index (χ3n) is 4.22. The Hall–Kier alpha value is -3.36. The summed E-state index contributed by atoms with van der Waals surface area (Å²) in [6.45, 7) is 1.92. The molecule has 9 heteroatoms. The number of fused-ring (bicyclic) bond motifs is 3. The number of ether oxygens (including phenoxy) is 1. The van der Waals surface area contributed by atoms with Gasteiger partial charge in [-0.05, 0) is 25.1 Å². The number of rotatable bonds is 4. The summed E-state index contributed by atoms with van der Waals surface area (Å²) in [5.74, 6) is 0.804. The number of hydrogen-bond donors (Lipinski definition) is 0. The first-order chi connectivity index (χ1) is 13.3. The van der Waals surface area contributed by atoms with E-state index in [9.17, 15) is 13.2 Å². The average molecular weight is 387 g/mol. The van der Waals surface area contributed by atoms with Gasteiger partial charge in [0.25, 0.3) is 0 Å². The highest BCUT2D eigenvalue weighted by molar-refractivity contribution is 5.92.